The summed E-state index contributed by atoms with van der Waals surface area (Å²) in [5.41, 5.74) is -0.142. The summed E-state index contributed by atoms with van der Waals surface area (Å²) < 4.78 is 5.47. The summed E-state index contributed by atoms with van der Waals surface area (Å²) in [7, 11) is 0. The number of aliphatic hydroxyl groups excluding tert-OH is 1. The number of likely N-dealkylation sites (tertiary alicyclic amines) is 2. The SMILES string of the molecule is CC(C)(C)OC(=O)N1CCCC2(C1)CN(Cc1ccccc1)C(=O)C2O. The number of carbonyl (C=O) groups excluding carboxylic acids is 2. The molecule has 1 aromatic rings. The molecule has 1 spiro atoms. The Labute approximate surface area is 154 Å². The van der Waals surface area contributed by atoms with Gasteiger partial charge in [-0.25, -0.2) is 4.79 Å². The molecule has 3 rings (SSSR count). The maximum atomic E-state index is 12.6. The molecule has 2 heterocycles. The van der Waals surface area contributed by atoms with Crippen LogP contribution in [0.1, 0.15) is 39.2 Å². The van der Waals surface area contributed by atoms with Crippen molar-refractivity contribution in [2.45, 2.75) is 51.9 Å². The van der Waals surface area contributed by atoms with E-state index < -0.39 is 17.1 Å². The minimum atomic E-state index is -1.07. The van der Waals surface area contributed by atoms with Crippen molar-refractivity contribution in [3.8, 4) is 0 Å². The van der Waals surface area contributed by atoms with Crippen LogP contribution in [-0.2, 0) is 16.1 Å². The number of rotatable bonds is 2. The fourth-order valence-corrected chi connectivity index (χ4v) is 3.91. The molecule has 0 saturated carbocycles. The highest BCUT2D eigenvalue weighted by atomic mass is 16.6. The molecule has 0 aliphatic carbocycles. The van der Waals surface area contributed by atoms with Crippen molar-refractivity contribution in [1.82, 2.24) is 9.80 Å². The molecule has 2 aliphatic rings. The lowest BCUT2D eigenvalue weighted by molar-refractivity contribution is -0.137. The van der Waals surface area contributed by atoms with Gasteiger partial charge in [-0.15, -0.1) is 0 Å². The first kappa shape index (κ1) is 18.7. The Morgan fingerprint density at radius 2 is 1.96 bits per heavy atom. The Kier molecular flexibility index (Phi) is 4.97. The van der Waals surface area contributed by atoms with Crippen LogP contribution in [0.15, 0.2) is 30.3 Å². The first-order valence-corrected chi connectivity index (χ1v) is 9.19. The Balaban J connectivity index is 1.72. The first-order chi connectivity index (χ1) is 12.2. The number of hydrogen-bond donors (Lipinski definition) is 1. The monoisotopic (exact) mass is 360 g/mol. The van der Waals surface area contributed by atoms with Crippen LogP contribution in [0, 0.1) is 5.41 Å². The standard InChI is InChI=1S/C20H28N2O4/c1-19(2,3)26-18(25)21-11-7-10-20(13-21)14-22(17(24)16(20)23)12-15-8-5-4-6-9-15/h4-6,8-9,16,23H,7,10-14H2,1-3H3. The highest BCUT2D eigenvalue weighted by Crippen LogP contribution is 2.40. The number of carbonyl (C=O) groups is 2. The van der Waals surface area contributed by atoms with E-state index in [-0.39, 0.29) is 12.0 Å². The number of ether oxygens (including phenoxy) is 1. The van der Waals surface area contributed by atoms with Crippen LogP contribution in [0.3, 0.4) is 0 Å². The van der Waals surface area contributed by atoms with Gasteiger partial charge in [0.25, 0.3) is 5.91 Å². The maximum Gasteiger partial charge on any atom is 0.410 e. The Morgan fingerprint density at radius 1 is 1.27 bits per heavy atom. The lowest BCUT2D eigenvalue weighted by atomic mass is 9.77. The van der Waals surface area contributed by atoms with E-state index in [9.17, 15) is 14.7 Å². The zero-order valence-corrected chi connectivity index (χ0v) is 15.8. The summed E-state index contributed by atoms with van der Waals surface area (Å²) >= 11 is 0. The molecule has 26 heavy (non-hydrogen) atoms. The van der Waals surface area contributed by atoms with Gasteiger partial charge in [0.1, 0.15) is 11.7 Å². The number of nitrogens with zero attached hydrogens (tertiary/aromatic N) is 2. The first-order valence-electron chi connectivity index (χ1n) is 9.19. The second-order valence-corrected chi connectivity index (χ2v) is 8.45. The summed E-state index contributed by atoms with van der Waals surface area (Å²) in [5, 5.41) is 10.7. The maximum absolute atomic E-state index is 12.6. The predicted octanol–water partition coefficient (Wildman–Crippen LogP) is 2.41. The lowest BCUT2D eigenvalue weighted by Gasteiger charge is -2.41. The van der Waals surface area contributed by atoms with Gasteiger partial charge in [-0.2, -0.15) is 0 Å². The minimum Gasteiger partial charge on any atom is -0.444 e. The van der Waals surface area contributed by atoms with E-state index in [4.69, 9.17) is 4.74 Å². The predicted molar refractivity (Wildman–Crippen MR) is 97.3 cm³/mol. The molecule has 2 atom stereocenters. The van der Waals surface area contributed by atoms with E-state index in [2.05, 4.69) is 0 Å². The van der Waals surface area contributed by atoms with E-state index in [0.29, 0.717) is 26.2 Å². The van der Waals surface area contributed by atoms with Crippen molar-refractivity contribution in [2.75, 3.05) is 19.6 Å². The number of amides is 2. The van der Waals surface area contributed by atoms with Gasteiger partial charge in [0.15, 0.2) is 0 Å². The molecule has 1 aromatic carbocycles. The van der Waals surface area contributed by atoms with E-state index in [1.165, 1.54) is 0 Å². The van der Waals surface area contributed by atoms with Crippen molar-refractivity contribution < 1.29 is 19.4 Å². The number of aliphatic hydroxyl groups is 1. The number of piperidine rings is 1. The van der Waals surface area contributed by atoms with Crippen molar-refractivity contribution in [1.29, 1.82) is 0 Å². The van der Waals surface area contributed by atoms with Gasteiger partial charge in [0.05, 0.1) is 0 Å². The highest BCUT2D eigenvalue weighted by Gasteiger charge is 2.54. The third kappa shape index (κ3) is 3.85. The summed E-state index contributed by atoms with van der Waals surface area (Å²) in [6.45, 7) is 7.38. The molecule has 0 bridgehead atoms. The quantitative estimate of drug-likeness (QED) is 0.879. The van der Waals surface area contributed by atoms with Crippen LogP contribution >= 0.6 is 0 Å². The van der Waals surface area contributed by atoms with E-state index >= 15 is 0 Å². The second-order valence-electron chi connectivity index (χ2n) is 8.45. The molecule has 0 radical (unpaired) electrons. The van der Waals surface area contributed by atoms with E-state index in [1.54, 1.807) is 9.80 Å². The van der Waals surface area contributed by atoms with Gasteiger partial charge < -0.3 is 19.6 Å². The van der Waals surface area contributed by atoms with Crippen molar-refractivity contribution in [2.24, 2.45) is 5.41 Å². The average molecular weight is 360 g/mol. The molecule has 2 amide bonds. The van der Waals surface area contributed by atoms with Gasteiger partial charge in [-0.1, -0.05) is 30.3 Å². The molecule has 2 unspecified atom stereocenters. The van der Waals surface area contributed by atoms with Gasteiger partial charge in [0, 0.05) is 31.6 Å². The van der Waals surface area contributed by atoms with Crippen LogP contribution in [0.5, 0.6) is 0 Å². The molecule has 0 aromatic heterocycles. The zero-order valence-electron chi connectivity index (χ0n) is 15.8. The average Bonchev–Trinajstić information content (AvgIpc) is 2.79. The largest absolute Gasteiger partial charge is 0.444 e. The third-order valence-electron chi connectivity index (χ3n) is 5.11. The van der Waals surface area contributed by atoms with Crippen LogP contribution in [0.25, 0.3) is 0 Å². The van der Waals surface area contributed by atoms with Crippen molar-refractivity contribution in [3.63, 3.8) is 0 Å². The Bertz CT molecular complexity index is 670. The van der Waals surface area contributed by atoms with Crippen molar-refractivity contribution in [3.05, 3.63) is 35.9 Å². The van der Waals surface area contributed by atoms with Crippen LogP contribution < -0.4 is 0 Å². The molecular weight excluding hydrogens is 332 g/mol. The zero-order chi connectivity index (χ0) is 18.9. The molecule has 6 heteroatoms. The second kappa shape index (κ2) is 6.91. The van der Waals surface area contributed by atoms with E-state index in [1.807, 2.05) is 51.1 Å². The summed E-state index contributed by atoms with van der Waals surface area (Å²) in [6, 6.07) is 9.75. The Hall–Kier alpha value is -2.08. The fourth-order valence-electron chi connectivity index (χ4n) is 3.91. The van der Waals surface area contributed by atoms with E-state index in [0.717, 1.165) is 18.4 Å². The van der Waals surface area contributed by atoms with Gasteiger partial charge in [-0.3, -0.25) is 4.79 Å². The molecular formula is C20H28N2O4. The van der Waals surface area contributed by atoms with Crippen LogP contribution in [0.4, 0.5) is 4.79 Å². The smallest absolute Gasteiger partial charge is 0.410 e. The van der Waals surface area contributed by atoms with Crippen LogP contribution in [0.2, 0.25) is 0 Å². The van der Waals surface area contributed by atoms with Gasteiger partial charge >= 0.3 is 6.09 Å². The van der Waals surface area contributed by atoms with Gasteiger partial charge in [-0.05, 0) is 39.2 Å². The molecule has 1 N–H and O–H groups in total. The normalized spacial score (nSPS) is 26.5. The molecule has 2 saturated heterocycles. The van der Waals surface area contributed by atoms with Crippen molar-refractivity contribution >= 4 is 12.0 Å². The molecule has 2 fully saturated rings. The Morgan fingerprint density at radius 3 is 2.62 bits per heavy atom. The van der Waals surface area contributed by atoms with Gasteiger partial charge in [0.2, 0.25) is 0 Å². The topological polar surface area (TPSA) is 70.1 Å². The summed E-state index contributed by atoms with van der Waals surface area (Å²) in [6.07, 6.45) is 0.0296. The van der Waals surface area contributed by atoms with Crippen LogP contribution in [-0.4, -0.2) is 58.2 Å². The lowest BCUT2D eigenvalue weighted by Crippen LogP contribution is -2.52. The third-order valence-corrected chi connectivity index (χ3v) is 5.11. The molecule has 6 nitrogen and oxygen atoms in total. The number of hydrogen-bond acceptors (Lipinski definition) is 4. The molecule has 142 valence electrons. The number of benzene rings is 1. The highest BCUT2D eigenvalue weighted by molar-refractivity contribution is 5.84. The molecule has 2 aliphatic heterocycles. The summed E-state index contributed by atoms with van der Waals surface area (Å²) in [4.78, 5) is 28.4. The minimum absolute atomic E-state index is 0.250. The summed E-state index contributed by atoms with van der Waals surface area (Å²) in [5.74, 6) is -0.250. The fraction of sp³-hybridized carbons (Fsp3) is 0.600.